The predicted octanol–water partition coefficient (Wildman–Crippen LogP) is 3.68. The van der Waals surface area contributed by atoms with Gasteiger partial charge in [-0.25, -0.2) is 0 Å². The van der Waals surface area contributed by atoms with Crippen LogP contribution in [-0.2, 0) is 0 Å². The third-order valence-electron chi connectivity index (χ3n) is 3.62. The number of hydrogen-bond acceptors (Lipinski definition) is 4. The first-order chi connectivity index (χ1) is 11.7. The Morgan fingerprint density at radius 2 is 1.75 bits per heavy atom. The van der Waals surface area contributed by atoms with E-state index in [2.05, 4.69) is 26.9 Å². The largest absolute Gasteiger partial charge is 0.370 e. The normalized spacial score (nSPS) is 12.2. The summed E-state index contributed by atoms with van der Waals surface area (Å²) < 4.78 is 2.55. The first kappa shape index (κ1) is 14.8. The summed E-state index contributed by atoms with van der Waals surface area (Å²) in [6.07, 6.45) is 3.85. The average molecular weight is 386 g/mol. The lowest BCUT2D eigenvalue weighted by Gasteiger charge is -2.12. The van der Waals surface area contributed by atoms with Crippen molar-refractivity contribution in [1.29, 1.82) is 0 Å². The molecule has 0 saturated carbocycles. The van der Waals surface area contributed by atoms with Gasteiger partial charge in [-0.05, 0) is 40.2 Å². The number of aromatic nitrogens is 1. The van der Waals surface area contributed by atoms with E-state index in [0.29, 0.717) is 27.2 Å². The van der Waals surface area contributed by atoms with E-state index in [9.17, 15) is 4.79 Å². The van der Waals surface area contributed by atoms with Crippen molar-refractivity contribution in [2.45, 2.75) is 0 Å². The van der Waals surface area contributed by atoms with Gasteiger partial charge in [0, 0.05) is 34.6 Å². The maximum Gasteiger partial charge on any atom is 0.257 e. The van der Waals surface area contributed by atoms with Crippen molar-refractivity contribution in [3.63, 3.8) is 0 Å². The highest BCUT2D eigenvalue weighted by Gasteiger charge is 2.21. The summed E-state index contributed by atoms with van der Waals surface area (Å²) in [6.45, 7) is 0. The molecule has 4 rings (SSSR count). The first-order valence-electron chi connectivity index (χ1n) is 7.18. The third-order valence-corrected chi connectivity index (χ3v) is 4.27. The van der Waals surface area contributed by atoms with Crippen LogP contribution in [0.15, 0.2) is 65.4 Å². The van der Waals surface area contributed by atoms with Crippen molar-refractivity contribution in [2.24, 2.45) is 0 Å². The molecule has 0 bridgehead atoms. The number of nitrogens with zero attached hydrogens (tertiary/aromatic N) is 1. The Hall–Kier alpha value is -2.77. The number of rotatable bonds is 3. The fourth-order valence-corrected chi connectivity index (χ4v) is 2.97. The second-order valence-corrected chi connectivity index (χ2v) is 5.98. The van der Waals surface area contributed by atoms with E-state index in [1.807, 2.05) is 53.4 Å². The second-order valence-electron chi connectivity index (χ2n) is 5.13. The molecular formula is C17H12BrN3O3. The summed E-state index contributed by atoms with van der Waals surface area (Å²) in [4.78, 5) is 22.9. The fourth-order valence-electron chi connectivity index (χ4n) is 2.47. The molecule has 2 heterocycles. The molecule has 0 aliphatic carbocycles. The molecule has 1 aliphatic rings. The predicted molar refractivity (Wildman–Crippen MR) is 92.3 cm³/mol. The number of para-hydroxylation sites is 2. The highest BCUT2D eigenvalue weighted by Crippen LogP contribution is 2.36. The quantitative estimate of drug-likeness (QED) is 0.721. The lowest BCUT2D eigenvalue weighted by Crippen LogP contribution is -2.14. The van der Waals surface area contributed by atoms with Crippen molar-refractivity contribution >= 4 is 27.5 Å². The second kappa shape index (κ2) is 6.03. The fraction of sp³-hybridized carbons (Fsp3) is 0. The Kier molecular flexibility index (Phi) is 3.72. The summed E-state index contributed by atoms with van der Waals surface area (Å²) in [6, 6.07) is 14.8. The van der Waals surface area contributed by atoms with Gasteiger partial charge >= 0.3 is 0 Å². The molecule has 1 aliphatic heterocycles. The number of benzene rings is 2. The molecule has 7 heteroatoms. The monoisotopic (exact) mass is 385 g/mol. The average Bonchev–Trinajstić information content (AvgIpc) is 3.25. The van der Waals surface area contributed by atoms with E-state index in [0.717, 1.165) is 5.69 Å². The van der Waals surface area contributed by atoms with Gasteiger partial charge < -0.3 is 19.6 Å². The van der Waals surface area contributed by atoms with Crippen molar-refractivity contribution < 1.29 is 14.5 Å². The maximum atomic E-state index is 12.7. The molecule has 1 aromatic heterocycles. The number of amides is 1. The van der Waals surface area contributed by atoms with E-state index in [1.165, 1.54) is 0 Å². The number of carbonyl (C=O) groups excluding carboxylic acids is 1. The summed E-state index contributed by atoms with van der Waals surface area (Å²) in [5, 5.41) is 2.94. The molecule has 0 saturated heterocycles. The molecule has 0 unspecified atom stereocenters. The highest BCUT2D eigenvalue weighted by molar-refractivity contribution is 9.10. The van der Waals surface area contributed by atoms with Crippen LogP contribution >= 0.6 is 15.9 Å². The number of hydrogen-bond donors (Lipinski definition) is 2. The topological polar surface area (TPSA) is 64.5 Å². The Balaban J connectivity index is 1.66. The lowest BCUT2D eigenvalue weighted by atomic mass is 10.1. The molecule has 0 radical (unpaired) electrons. The third kappa shape index (κ3) is 2.64. The summed E-state index contributed by atoms with van der Waals surface area (Å²) >= 11 is 3.39. The smallest absolute Gasteiger partial charge is 0.257 e. The maximum absolute atomic E-state index is 12.7. The lowest BCUT2D eigenvalue weighted by molar-refractivity contribution is 0.0259. The van der Waals surface area contributed by atoms with Gasteiger partial charge in [0.15, 0.2) is 11.5 Å². The molecule has 1 amide bonds. The number of fused-ring (bicyclic) bond motifs is 1. The van der Waals surface area contributed by atoms with Crippen LogP contribution in [0, 0.1) is 0 Å². The molecular weight excluding hydrogens is 374 g/mol. The van der Waals surface area contributed by atoms with Crippen LogP contribution in [0.4, 0.5) is 5.69 Å². The van der Waals surface area contributed by atoms with Crippen LogP contribution in [-0.4, -0.2) is 10.5 Å². The van der Waals surface area contributed by atoms with E-state index in [1.54, 1.807) is 12.1 Å². The Morgan fingerprint density at radius 3 is 2.54 bits per heavy atom. The van der Waals surface area contributed by atoms with Crippen LogP contribution in [0.3, 0.4) is 0 Å². The van der Waals surface area contributed by atoms with Gasteiger partial charge in [0.1, 0.15) is 0 Å². The van der Waals surface area contributed by atoms with Crippen LogP contribution < -0.4 is 20.6 Å². The minimum absolute atomic E-state index is 0.250. The zero-order chi connectivity index (χ0) is 16.5. The first-order valence-corrected chi connectivity index (χ1v) is 7.97. The SMILES string of the molecule is O=C(Nc1ccccc1-n1cccc1)c1cc2c(cc1Br)ONO2. The molecule has 2 aromatic carbocycles. The minimum atomic E-state index is -0.250. The van der Waals surface area contributed by atoms with E-state index < -0.39 is 0 Å². The Bertz CT molecular complexity index is 909. The van der Waals surface area contributed by atoms with Gasteiger partial charge in [0.25, 0.3) is 5.91 Å². The van der Waals surface area contributed by atoms with Gasteiger partial charge in [-0.15, -0.1) is 0 Å². The molecule has 2 N–H and O–H groups in total. The summed E-state index contributed by atoms with van der Waals surface area (Å²) in [5.74, 6) is 0.730. The number of carbonyl (C=O) groups is 1. The summed E-state index contributed by atoms with van der Waals surface area (Å²) in [5.41, 5.74) is 4.34. The van der Waals surface area contributed by atoms with Gasteiger partial charge in [-0.1, -0.05) is 12.1 Å². The zero-order valence-corrected chi connectivity index (χ0v) is 13.9. The zero-order valence-electron chi connectivity index (χ0n) is 12.3. The van der Waals surface area contributed by atoms with E-state index in [4.69, 9.17) is 9.68 Å². The molecule has 0 atom stereocenters. The number of nitrogens with one attached hydrogen (secondary N) is 2. The van der Waals surface area contributed by atoms with Crippen LogP contribution in [0.25, 0.3) is 5.69 Å². The number of anilines is 1. The summed E-state index contributed by atoms with van der Waals surface area (Å²) in [7, 11) is 0. The molecule has 24 heavy (non-hydrogen) atoms. The molecule has 0 spiro atoms. The van der Waals surface area contributed by atoms with Crippen LogP contribution in [0.1, 0.15) is 10.4 Å². The van der Waals surface area contributed by atoms with Gasteiger partial charge in [0.05, 0.1) is 16.9 Å². The van der Waals surface area contributed by atoms with E-state index >= 15 is 0 Å². The van der Waals surface area contributed by atoms with Crippen molar-refractivity contribution in [3.05, 3.63) is 71.0 Å². The highest BCUT2D eigenvalue weighted by atomic mass is 79.9. The molecule has 6 nitrogen and oxygen atoms in total. The molecule has 120 valence electrons. The standard InChI is InChI=1S/C17H12BrN3O3/c18-12-10-16-15(23-20-24-16)9-11(12)17(22)19-13-5-1-2-6-14(13)21-7-3-4-8-21/h1-10,20H,(H,19,22). The minimum Gasteiger partial charge on any atom is -0.370 e. The van der Waals surface area contributed by atoms with E-state index in [-0.39, 0.29) is 5.91 Å². The van der Waals surface area contributed by atoms with Crippen molar-refractivity contribution in [3.8, 4) is 17.2 Å². The number of halogens is 1. The van der Waals surface area contributed by atoms with Gasteiger partial charge in [0.2, 0.25) is 0 Å². The van der Waals surface area contributed by atoms with Crippen LogP contribution in [0.5, 0.6) is 11.5 Å². The van der Waals surface area contributed by atoms with Crippen LogP contribution in [0.2, 0.25) is 0 Å². The Morgan fingerprint density at radius 1 is 1.04 bits per heavy atom. The van der Waals surface area contributed by atoms with Gasteiger partial charge in [-0.2, -0.15) is 0 Å². The Labute approximate surface area is 146 Å². The molecule has 0 fully saturated rings. The molecule has 3 aromatic rings. The van der Waals surface area contributed by atoms with Crippen molar-refractivity contribution in [2.75, 3.05) is 5.32 Å². The van der Waals surface area contributed by atoms with Gasteiger partial charge in [-0.3, -0.25) is 4.79 Å². The van der Waals surface area contributed by atoms with Crippen molar-refractivity contribution in [1.82, 2.24) is 10.2 Å².